The van der Waals surface area contributed by atoms with Crippen LogP contribution in [-0.2, 0) is 0 Å². The van der Waals surface area contributed by atoms with Crippen molar-refractivity contribution in [2.45, 2.75) is 19.1 Å². The molecule has 1 atom stereocenters. The molecule has 0 spiro atoms. The molecular weight excluding hydrogens is 487 g/mol. The third kappa shape index (κ3) is 4.52. The van der Waals surface area contributed by atoms with Crippen LogP contribution in [0.1, 0.15) is 22.3 Å². The number of hydrogen-bond acceptors (Lipinski definition) is 7. The number of fused-ring (bicyclic) bond motifs is 2. The number of aromatic nitrogens is 3. The van der Waals surface area contributed by atoms with E-state index in [2.05, 4.69) is 56.1 Å². The second-order valence-corrected chi connectivity index (χ2v) is 10.4. The molecular formula is C28H25FN6OS. The number of hydrogen-bond donors (Lipinski definition) is 2. The number of carbonyl (C=O) groups excluding carboxylic acids is 1. The van der Waals surface area contributed by atoms with Crippen LogP contribution in [0.3, 0.4) is 0 Å². The maximum Gasteiger partial charge on any atom is 0.255 e. The molecule has 0 aliphatic carbocycles. The number of benzene rings is 2. The molecule has 1 aliphatic heterocycles. The Balaban J connectivity index is 1.38. The number of nitrogens with zero attached hydrogens (tertiary/aromatic N) is 4. The van der Waals surface area contributed by atoms with Crippen LogP contribution in [0.2, 0.25) is 0 Å². The number of pyridine rings is 1. The average Bonchev–Trinajstić information content (AvgIpc) is 3.44. The summed E-state index contributed by atoms with van der Waals surface area (Å²) in [5.74, 6) is -2.24. The van der Waals surface area contributed by atoms with Gasteiger partial charge in [0.15, 0.2) is 5.79 Å². The van der Waals surface area contributed by atoms with Gasteiger partial charge in [-0.1, -0.05) is 6.07 Å². The van der Waals surface area contributed by atoms with Crippen molar-refractivity contribution in [2.75, 3.05) is 25.5 Å². The van der Waals surface area contributed by atoms with Gasteiger partial charge in [-0.15, -0.1) is 11.3 Å². The van der Waals surface area contributed by atoms with Crippen LogP contribution in [0.25, 0.3) is 32.2 Å². The monoisotopic (exact) mass is 512 g/mol. The van der Waals surface area contributed by atoms with Crippen LogP contribution in [0.15, 0.2) is 66.6 Å². The van der Waals surface area contributed by atoms with Crippen molar-refractivity contribution >= 4 is 49.7 Å². The summed E-state index contributed by atoms with van der Waals surface area (Å²) in [5.41, 5.74) is 6.21. The molecule has 6 rings (SSSR count). The maximum atomic E-state index is 15.2. The summed E-state index contributed by atoms with van der Waals surface area (Å²) in [6.45, 7) is 2.86. The molecule has 0 bridgehead atoms. The van der Waals surface area contributed by atoms with E-state index in [-0.39, 0.29) is 13.0 Å². The summed E-state index contributed by atoms with van der Waals surface area (Å²) in [5, 5.41) is 9.27. The van der Waals surface area contributed by atoms with Gasteiger partial charge in [0.05, 0.1) is 35.0 Å². The van der Waals surface area contributed by atoms with Gasteiger partial charge in [-0.2, -0.15) is 0 Å². The molecule has 7 nitrogen and oxygen atoms in total. The molecule has 4 heterocycles. The largest absolute Gasteiger partial charge is 0.354 e. The molecule has 0 saturated carbocycles. The van der Waals surface area contributed by atoms with E-state index in [9.17, 15) is 4.79 Å². The number of carbonyl (C=O) groups is 1. The van der Waals surface area contributed by atoms with Crippen molar-refractivity contribution in [1.29, 1.82) is 0 Å². The first-order valence-corrected chi connectivity index (χ1v) is 12.9. The van der Waals surface area contributed by atoms with E-state index in [1.54, 1.807) is 36.0 Å². The lowest BCUT2D eigenvalue weighted by atomic mass is 10.0. The Morgan fingerprint density at radius 1 is 1.14 bits per heavy atom. The number of likely N-dealkylation sites (N-methyl/N-ethyl adjacent to an activating group) is 1. The number of nitrogens with one attached hydrogen (secondary N) is 2. The van der Waals surface area contributed by atoms with E-state index >= 15 is 4.39 Å². The number of alkyl halides is 1. The van der Waals surface area contributed by atoms with Gasteiger partial charge in [0.2, 0.25) is 0 Å². The summed E-state index contributed by atoms with van der Waals surface area (Å²) in [4.78, 5) is 28.3. The predicted octanol–water partition coefficient (Wildman–Crippen LogP) is 5.69. The highest BCUT2D eigenvalue weighted by molar-refractivity contribution is 7.17. The minimum atomic E-state index is -1.75. The molecule has 1 unspecified atom stereocenters. The van der Waals surface area contributed by atoms with Gasteiger partial charge in [0.25, 0.3) is 5.91 Å². The molecule has 2 aromatic carbocycles. The van der Waals surface area contributed by atoms with Crippen LogP contribution >= 0.6 is 11.3 Å². The quantitative estimate of drug-likeness (QED) is 0.295. The lowest BCUT2D eigenvalue weighted by Gasteiger charge is -2.22. The highest BCUT2D eigenvalue weighted by Gasteiger charge is 2.38. The minimum absolute atomic E-state index is 0.160. The molecule has 9 heteroatoms. The zero-order valence-electron chi connectivity index (χ0n) is 20.5. The van der Waals surface area contributed by atoms with Crippen molar-refractivity contribution in [2.24, 2.45) is 0 Å². The first-order valence-electron chi connectivity index (χ1n) is 12.0. The number of rotatable bonds is 5. The van der Waals surface area contributed by atoms with Gasteiger partial charge in [0.1, 0.15) is 0 Å². The predicted molar refractivity (Wildman–Crippen MR) is 146 cm³/mol. The van der Waals surface area contributed by atoms with E-state index in [1.807, 2.05) is 24.1 Å². The van der Waals surface area contributed by atoms with E-state index in [0.717, 1.165) is 27.8 Å². The highest BCUT2D eigenvalue weighted by Crippen LogP contribution is 2.35. The Morgan fingerprint density at radius 2 is 2.00 bits per heavy atom. The normalized spacial score (nSPS) is 17.9. The first kappa shape index (κ1) is 23.4. The summed E-state index contributed by atoms with van der Waals surface area (Å²) in [6.07, 6.45) is 6.70. The van der Waals surface area contributed by atoms with Crippen molar-refractivity contribution < 1.29 is 9.18 Å². The molecule has 1 saturated heterocycles. The van der Waals surface area contributed by atoms with Gasteiger partial charge >= 0.3 is 0 Å². The third-order valence-corrected chi connectivity index (χ3v) is 7.83. The molecule has 1 aliphatic rings. The van der Waals surface area contributed by atoms with Crippen LogP contribution in [0.4, 0.5) is 15.8 Å². The molecule has 1 fully saturated rings. The highest BCUT2D eigenvalue weighted by atomic mass is 32.1. The van der Waals surface area contributed by atoms with E-state index in [1.165, 1.54) is 21.8 Å². The molecule has 186 valence electrons. The molecule has 37 heavy (non-hydrogen) atoms. The molecule has 3 aromatic heterocycles. The standard InChI is InChI=1S/C28H25FN6OS/c1-17-15-37-25-4-3-18(11-21(17)25)22-12-19(13-23-26(22)32-9-8-31-23)33-24-14-30-7-5-20(24)27(36)34-28(29)6-10-35(2)16-28/h3-5,7-9,11-15,33H,6,10,16H2,1-2H3,(H,34,36). The number of halogens is 1. The number of amides is 1. The summed E-state index contributed by atoms with van der Waals surface area (Å²) >= 11 is 1.73. The van der Waals surface area contributed by atoms with E-state index in [0.29, 0.717) is 17.8 Å². The van der Waals surface area contributed by atoms with E-state index in [4.69, 9.17) is 0 Å². The number of anilines is 2. The Morgan fingerprint density at radius 3 is 2.84 bits per heavy atom. The fraction of sp³-hybridized carbons (Fsp3) is 0.214. The fourth-order valence-corrected chi connectivity index (χ4v) is 5.79. The molecule has 5 aromatic rings. The summed E-state index contributed by atoms with van der Waals surface area (Å²) in [7, 11) is 1.84. The SMILES string of the molecule is Cc1csc2ccc(-c3cc(Nc4cnccc4C(=O)NC4(F)CCN(C)C4)cc4nccnc34)cc12. The maximum absolute atomic E-state index is 15.2. The van der Waals surface area contributed by atoms with Crippen LogP contribution in [-0.4, -0.2) is 51.7 Å². The Labute approximate surface area is 217 Å². The molecule has 0 radical (unpaired) electrons. The van der Waals surface area contributed by atoms with Crippen molar-refractivity contribution in [3.63, 3.8) is 0 Å². The smallest absolute Gasteiger partial charge is 0.255 e. The van der Waals surface area contributed by atoms with Crippen LogP contribution in [0.5, 0.6) is 0 Å². The van der Waals surface area contributed by atoms with Gasteiger partial charge in [0, 0.05) is 47.5 Å². The van der Waals surface area contributed by atoms with Gasteiger partial charge in [-0.3, -0.25) is 19.7 Å². The second-order valence-electron chi connectivity index (χ2n) is 9.53. The lowest BCUT2D eigenvalue weighted by Crippen LogP contribution is -2.46. The van der Waals surface area contributed by atoms with Crippen molar-refractivity contribution in [3.8, 4) is 11.1 Å². The third-order valence-electron chi connectivity index (χ3n) is 6.74. The topological polar surface area (TPSA) is 83.0 Å². The van der Waals surface area contributed by atoms with Crippen LogP contribution in [0, 0.1) is 6.92 Å². The van der Waals surface area contributed by atoms with E-state index < -0.39 is 11.7 Å². The summed E-state index contributed by atoms with van der Waals surface area (Å²) < 4.78 is 16.4. The van der Waals surface area contributed by atoms with Gasteiger partial charge < -0.3 is 15.5 Å². The molecule has 2 N–H and O–H groups in total. The molecule has 1 amide bonds. The Bertz CT molecular complexity index is 1650. The zero-order chi connectivity index (χ0) is 25.6. The summed E-state index contributed by atoms with van der Waals surface area (Å²) in [6, 6.07) is 11.9. The van der Waals surface area contributed by atoms with Gasteiger partial charge in [-0.05, 0) is 66.2 Å². The minimum Gasteiger partial charge on any atom is -0.354 e. The van der Waals surface area contributed by atoms with Crippen molar-refractivity contribution in [1.82, 2.24) is 25.2 Å². The zero-order valence-corrected chi connectivity index (χ0v) is 21.3. The second kappa shape index (κ2) is 9.17. The van der Waals surface area contributed by atoms with Gasteiger partial charge in [-0.25, -0.2) is 4.39 Å². The van der Waals surface area contributed by atoms with Crippen molar-refractivity contribution in [3.05, 3.63) is 77.7 Å². The Hall–Kier alpha value is -3.95. The Kier molecular flexibility index (Phi) is 5.81. The average molecular weight is 513 g/mol. The number of aryl methyl sites for hydroxylation is 1. The fourth-order valence-electron chi connectivity index (χ4n) is 4.87. The lowest BCUT2D eigenvalue weighted by molar-refractivity contribution is 0.0736. The van der Waals surface area contributed by atoms with Crippen LogP contribution < -0.4 is 10.6 Å². The number of thiophene rings is 1. The first-order chi connectivity index (χ1) is 17.9. The number of likely N-dealkylation sites (tertiary alicyclic amines) is 1.